The van der Waals surface area contributed by atoms with Gasteiger partial charge in [-0.25, -0.2) is 18.4 Å². The van der Waals surface area contributed by atoms with Gasteiger partial charge >= 0.3 is 0 Å². The van der Waals surface area contributed by atoms with Gasteiger partial charge in [-0.2, -0.15) is 0 Å². The van der Waals surface area contributed by atoms with Crippen molar-refractivity contribution in [2.24, 2.45) is 0 Å². The minimum absolute atomic E-state index is 0.143. The maximum absolute atomic E-state index is 12.2. The lowest BCUT2D eigenvalue weighted by Gasteiger charge is -2.26. The lowest BCUT2D eigenvalue weighted by atomic mass is 10.2. The van der Waals surface area contributed by atoms with Gasteiger partial charge in [0.2, 0.25) is 16.0 Å². The molecule has 128 valence electrons. The quantitative estimate of drug-likeness (QED) is 0.867. The van der Waals surface area contributed by atoms with Gasteiger partial charge in [0.05, 0.1) is 37.0 Å². The van der Waals surface area contributed by atoms with Crippen LogP contribution in [0.25, 0.3) is 0 Å². The molecule has 1 N–H and O–H groups in total. The van der Waals surface area contributed by atoms with E-state index in [0.29, 0.717) is 35.4 Å². The highest BCUT2D eigenvalue weighted by Gasteiger charge is 2.15. The Balaban J connectivity index is 1.64. The second-order valence-corrected chi connectivity index (χ2v) is 7.52. The largest absolute Gasteiger partial charge is 0.378 e. The standard InChI is InChI=1S/C15H17ClN4O3S/c16-13-3-1-12(2-4-13)11-24(21,22)19-14-9-17-15(18-10-14)20-5-7-23-8-6-20/h1-4,9-10,19H,5-8,11H2. The highest BCUT2D eigenvalue weighted by molar-refractivity contribution is 7.91. The molecule has 1 fully saturated rings. The average Bonchev–Trinajstić information content (AvgIpc) is 2.58. The van der Waals surface area contributed by atoms with Crippen LogP contribution in [0, 0.1) is 0 Å². The van der Waals surface area contributed by atoms with Crippen molar-refractivity contribution in [3.8, 4) is 0 Å². The third-order valence-electron chi connectivity index (χ3n) is 3.48. The lowest BCUT2D eigenvalue weighted by Crippen LogP contribution is -2.37. The number of morpholine rings is 1. The molecule has 24 heavy (non-hydrogen) atoms. The SMILES string of the molecule is O=S(=O)(Cc1ccc(Cl)cc1)Nc1cnc(N2CCOCC2)nc1. The maximum Gasteiger partial charge on any atom is 0.237 e. The molecule has 0 spiro atoms. The Kier molecular flexibility index (Phi) is 5.17. The van der Waals surface area contributed by atoms with Gasteiger partial charge in [-0.15, -0.1) is 0 Å². The average molecular weight is 369 g/mol. The Morgan fingerprint density at radius 2 is 1.75 bits per heavy atom. The molecule has 0 amide bonds. The van der Waals surface area contributed by atoms with Crippen molar-refractivity contribution in [2.75, 3.05) is 35.9 Å². The summed E-state index contributed by atoms with van der Waals surface area (Å²) >= 11 is 5.80. The third-order valence-corrected chi connectivity index (χ3v) is 4.99. The molecule has 9 heteroatoms. The molecule has 0 saturated carbocycles. The zero-order valence-electron chi connectivity index (χ0n) is 12.9. The predicted molar refractivity (Wildman–Crippen MR) is 92.8 cm³/mol. The van der Waals surface area contributed by atoms with Crippen molar-refractivity contribution in [1.29, 1.82) is 0 Å². The zero-order chi connectivity index (χ0) is 17.0. The van der Waals surface area contributed by atoms with Crippen molar-refractivity contribution in [3.05, 3.63) is 47.2 Å². The van der Waals surface area contributed by atoms with Gasteiger partial charge in [0, 0.05) is 18.1 Å². The Hall–Kier alpha value is -1.90. The second-order valence-electron chi connectivity index (χ2n) is 5.36. The van der Waals surface area contributed by atoms with Crippen LogP contribution in [0.1, 0.15) is 5.56 Å². The van der Waals surface area contributed by atoms with Crippen LogP contribution in [0.3, 0.4) is 0 Å². The topological polar surface area (TPSA) is 84.4 Å². The summed E-state index contributed by atoms with van der Waals surface area (Å²) in [7, 11) is -3.54. The van der Waals surface area contributed by atoms with E-state index in [-0.39, 0.29) is 5.75 Å². The van der Waals surface area contributed by atoms with Crippen LogP contribution in [-0.4, -0.2) is 44.7 Å². The summed E-state index contributed by atoms with van der Waals surface area (Å²) in [4.78, 5) is 10.4. The Labute approximate surface area is 145 Å². The zero-order valence-corrected chi connectivity index (χ0v) is 14.4. The molecule has 1 aliphatic heterocycles. The molecular weight excluding hydrogens is 352 g/mol. The van der Waals surface area contributed by atoms with Crippen molar-refractivity contribution in [3.63, 3.8) is 0 Å². The van der Waals surface area contributed by atoms with Gasteiger partial charge in [0.15, 0.2) is 0 Å². The highest BCUT2D eigenvalue weighted by atomic mass is 35.5. The lowest BCUT2D eigenvalue weighted by molar-refractivity contribution is 0.122. The number of nitrogens with zero attached hydrogens (tertiary/aromatic N) is 3. The predicted octanol–water partition coefficient (Wildman–Crippen LogP) is 1.91. The molecule has 1 aromatic heterocycles. The smallest absolute Gasteiger partial charge is 0.237 e. The molecule has 1 saturated heterocycles. The first kappa shape index (κ1) is 16.9. The van der Waals surface area contributed by atoms with Crippen molar-refractivity contribution < 1.29 is 13.2 Å². The van der Waals surface area contributed by atoms with Crippen LogP contribution in [-0.2, 0) is 20.5 Å². The van der Waals surface area contributed by atoms with Gasteiger partial charge < -0.3 is 9.64 Å². The van der Waals surface area contributed by atoms with Gasteiger partial charge in [-0.05, 0) is 17.7 Å². The Bertz CT molecular complexity index is 775. The van der Waals surface area contributed by atoms with Crippen LogP contribution in [0.5, 0.6) is 0 Å². The number of hydrogen-bond acceptors (Lipinski definition) is 6. The fourth-order valence-electron chi connectivity index (χ4n) is 2.32. The molecule has 0 aliphatic carbocycles. The molecular formula is C15H17ClN4O3S. The summed E-state index contributed by atoms with van der Waals surface area (Å²) in [5.41, 5.74) is 0.985. The number of nitrogens with one attached hydrogen (secondary N) is 1. The van der Waals surface area contributed by atoms with Gasteiger partial charge in [0.1, 0.15) is 0 Å². The summed E-state index contributed by atoms with van der Waals surface area (Å²) in [5.74, 6) is 0.425. The molecule has 1 aromatic carbocycles. The van der Waals surface area contributed by atoms with Gasteiger partial charge in [0.25, 0.3) is 0 Å². The molecule has 2 heterocycles. The molecule has 1 aliphatic rings. The fourth-order valence-corrected chi connectivity index (χ4v) is 3.61. The summed E-state index contributed by atoms with van der Waals surface area (Å²) in [6, 6.07) is 6.68. The first-order chi connectivity index (χ1) is 11.5. The summed E-state index contributed by atoms with van der Waals surface area (Å²) in [5, 5.41) is 0.566. The van der Waals surface area contributed by atoms with Gasteiger partial charge in [-0.3, -0.25) is 4.72 Å². The number of ether oxygens (including phenoxy) is 1. The van der Waals surface area contributed by atoms with Crippen LogP contribution in [0.15, 0.2) is 36.7 Å². The van der Waals surface area contributed by atoms with Crippen molar-refractivity contribution in [1.82, 2.24) is 9.97 Å². The Morgan fingerprint density at radius 1 is 1.12 bits per heavy atom. The van der Waals surface area contributed by atoms with E-state index in [0.717, 1.165) is 13.1 Å². The molecule has 3 rings (SSSR count). The van der Waals surface area contributed by atoms with Crippen LogP contribution in [0.4, 0.5) is 11.6 Å². The highest BCUT2D eigenvalue weighted by Crippen LogP contribution is 2.16. The molecule has 7 nitrogen and oxygen atoms in total. The van der Waals surface area contributed by atoms with E-state index in [4.69, 9.17) is 16.3 Å². The van der Waals surface area contributed by atoms with Crippen molar-refractivity contribution >= 4 is 33.3 Å². The van der Waals surface area contributed by atoms with E-state index in [1.165, 1.54) is 12.4 Å². The number of benzene rings is 1. The normalized spacial score (nSPS) is 15.3. The summed E-state index contributed by atoms with van der Waals surface area (Å²) in [6.07, 6.45) is 2.94. The van der Waals surface area contributed by atoms with Crippen LogP contribution in [0.2, 0.25) is 5.02 Å². The first-order valence-electron chi connectivity index (χ1n) is 7.41. The van der Waals surface area contributed by atoms with E-state index >= 15 is 0 Å². The van der Waals surface area contributed by atoms with E-state index < -0.39 is 10.0 Å². The number of hydrogen-bond donors (Lipinski definition) is 1. The molecule has 0 unspecified atom stereocenters. The minimum Gasteiger partial charge on any atom is -0.378 e. The maximum atomic E-state index is 12.2. The molecule has 2 aromatic rings. The number of halogens is 1. The first-order valence-corrected chi connectivity index (χ1v) is 9.44. The van der Waals surface area contributed by atoms with Crippen LogP contribution >= 0.6 is 11.6 Å². The van der Waals surface area contributed by atoms with E-state index in [9.17, 15) is 8.42 Å². The van der Waals surface area contributed by atoms with Crippen LogP contribution < -0.4 is 9.62 Å². The van der Waals surface area contributed by atoms with E-state index in [1.54, 1.807) is 24.3 Å². The Morgan fingerprint density at radius 3 is 2.38 bits per heavy atom. The van der Waals surface area contributed by atoms with Gasteiger partial charge in [-0.1, -0.05) is 23.7 Å². The number of anilines is 2. The monoisotopic (exact) mass is 368 g/mol. The third kappa shape index (κ3) is 4.56. The van der Waals surface area contributed by atoms with E-state index in [1.807, 2.05) is 4.90 Å². The summed E-state index contributed by atoms with van der Waals surface area (Å²) < 4.78 is 32.2. The minimum atomic E-state index is -3.54. The number of sulfonamides is 1. The number of aromatic nitrogens is 2. The molecule has 0 bridgehead atoms. The number of rotatable bonds is 5. The fraction of sp³-hybridized carbons (Fsp3) is 0.333. The van der Waals surface area contributed by atoms with Crippen molar-refractivity contribution in [2.45, 2.75) is 5.75 Å². The molecule has 0 radical (unpaired) electrons. The van der Waals surface area contributed by atoms with E-state index in [2.05, 4.69) is 14.7 Å². The molecule has 0 atom stereocenters. The second kappa shape index (κ2) is 7.33. The summed E-state index contributed by atoms with van der Waals surface area (Å²) in [6.45, 7) is 2.72.